The Morgan fingerprint density at radius 1 is 0.481 bits per heavy atom. The number of hydrogen-bond acceptors (Lipinski definition) is 0. The second kappa shape index (κ2) is 21.5. The van der Waals surface area contributed by atoms with Gasteiger partial charge >= 0.3 is 6.00 Å². The van der Waals surface area contributed by atoms with Crippen LogP contribution in [0.15, 0.2) is 11.8 Å². The van der Waals surface area contributed by atoms with Crippen molar-refractivity contribution >= 4 is 39.2 Å². The van der Waals surface area contributed by atoms with E-state index in [0.717, 1.165) is 6.42 Å². The normalized spacial score (nSPS) is 12.3. The topological polar surface area (TPSA) is 0 Å². The van der Waals surface area contributed by atoms with Crippen molar-refractivity contribution < 1.29 is 0 Å². The van der Waals surface area contributed by atoms with Crippen LogP contribution in [-0.4, -0.2) is 6.00 Å². The zero-order valence-corrected chi connectivity index (χ0v) is 21.2. The maximum atomic E-state index is 5.81. The van der Waals surface area contributed by atoms with E-state index in [1.807, 2.05) is 6.08 Å². The number of allylic oxidation sites excluding steroid dienone is 1. The highest BCUT2D eigenvalue weighted by Gasteiger charge is 2.19. The van der Waals surface area contributed by atoms with Gasteiger partial charge in [0.25, 0.3) is 0 Å². The summed E-state index contributed by atoms with van der Waals surface area (Å²) in [6.07, 6.45) is 30.1. The van der Waals surface area contributed by atoms with Gasteiger partial charge < -0.3 is 0 Å². The first kappa shape index (κ1) is 27.8. The zero-order valence-electron chi connectivity index (χ0n) is 17.9. The lowest BCUT2D eigenvalue weighted by Gasteiger charge is -2.04. The third kappa shape index (κ3) is 26.8. The first-order valence-electron chi connectivity index (χ1n) is 11.8. The highest BCUT2D eigenvalue weighted by atomic mass is 35.8. The Balaban J connectivity index is 3.06. The van der Waals surface area contributed by atoms with Crippen LogP contribution in [0.3, 0.4) is 0 Å². The highest BCUT2D eigenvalue weighted by molar-refractivity contribution is 7.66. The molecule has 0 saturated heterocycles. The molecule has 0 heterocycles. The van der Waals surface area contributed by atoms with Crippen molar-refractivity contribution in [1.82, 2.24) is 0 Å². The molecular weight excluding hydrogens is 411 g/mol. The van der Waals surface area contributed by atoms with Gasteiger partial charge in [-0.3, -0.25) is 0 Å². The minimum Gasteiger partial charge on any atom is -0.121 e. The quantitative estimate of drug-likeness (QED) is 0.0916. The van der Waals surface area contributed by atoms with Crippen LogP contribution in [0.4, 0.5) is 0 Å². The molecule has 0 amide bonds. The van der Waals surface area contributed by atoms with Gasteiger partial charge in [-0.1, -0.05) is 134 Å². The van der Waals surface area contributed by atoms with Crippen LogP contribution < -0.4 is 0 Å². The molecule has 0 radical (unpaired) electrons. The van der Waals surface area contributed by atoms with Gasteiger partial charge in [0.2, 0.25) is 0 Å². The molecule has 0 spiro atoms. The smallest absolute Gasteiger partial charge is 0.121 e. The lowest BCUT2D eigenvalue weighted by atomic mass is 10.0. The molecule has 0 nitrogen and oxygen atoms in total. The van der Waals surface area contributed by atoms with E-state index in [1.165, 1.54) is 122 Å². The largest absolute Gasteiger partial charge is 0.365 e. The average molecular weight is 456 g/mol. The Labute approximate surface area is 185 Å². The molecule has 0 rings (SSSR count). The van der Waals surface area contributed by atoms with Crippen molar-refractivity contribution in [2.75, 3.05) is 0 Å². The van der Waals surface area contributed by atoms with E-state index >= 15 is 0 Å². The van der Waals surface area contributed by atoms with Gasteiger partial charge in [0, 0.05) is 0 Å². The molecule has 0 aromatic carbocycles. The van der Waals surface area contributed by atoms with Crippen LogP contribution in [0.2, 0.25) is 0 Å². The summed E-state index contributed by atoms with van der Waals surface area (Å²) in [5, 5.41) is 0. The van der Waals surface area contributed by atoms with Gasteiger partial charge in [0.05, 0.1) is 0 Å². The van der Waals surface area contributed by atoms with Crippen LogP contribution in [0, 0.1) is 0 Å². The SMILES string of the molecule is CCCCCCCCCCCCCCCCCCCCCC=C[Si](Cl)(Cl)Cl. The molecule has 0 aliphatic rings. The minimum atomic E-state index is -2.54. The van der Waals surface area contributed by atoms with Crippen molar-refractivity contribution in [3.63, 3.8) is 0 Å². The van der Waals surface area contributed by atoms with Gasteiger partial charge in [-0.25, -0.2) is 0 Å². The molecule has 0 N–H and O–H groups in total. The fraction of sp³-hybridized carbons (Fsp3) is 0.913. The summed E-state index contributed by atoms with van der Waals surface area (Å²) in [6, 6.07) is -2.54. The molecule has 4 heteroatoms. The predicted molar refractivity (Wildman–Crippen MR) is 130 cm³/mol. The monoisotopic (exact) mass is 454 g/mol. The van der Waals surface area contributed by atoms with Crippen molar-refractivity contribution in [2.45, 2.75) is 135 Å². The molecule has 0 aromatic rings. The number of unbranched alkanes of at least 4 members (excludes halogenated alkanes) is 19. The summed E-state index contributed by atoms with van der Waals surface area (Å²) in [6.45, 7) is 2.29. The van der Waals surface area contributed by atoms with E-state index in [9.17, 15) is 0 Å². The molecule has 0 fully saturated rings. The first-order valence-corrected chi connectivity index (χ1v) is 16.9. The summed E-state index contributed by atoms with van der Waals surface area (Å²) in [4.78, 5) is 0. The Morgan fingerprint density at radius 3 is 1.07 bits per heavy atom. The maximum Gasteiger partial charge on any atom is 0.365 e. The van der Waals surface area contributed by atoms with Crippen molar-refractivity contribution in [1.29, 1.82) is 0 Å². The Bertz CT molecular complexity index is 313. The van der Waals surface area contributed by atoms with Gasteiger partial charge in [-0.15, -0.1) is 33.2 Å². The van der Waals surface area contributed by atoms with Crippen LogP contribution in [0.5, 0.6) is 0 Å². The molecule has 0 bridgehead atoms. The number of rotatable bonds is 21. The van der Waals surface area contributed by atoms with Crippen molar-refractivity contribution in [3.05, 3.63) is 11.8 Å². The number of hydrogen-bond donors (Lipinski definition) is 0. The zero-order chi connectivity index (χ0) is 20.1. The summed E-state index contributed by atoms with van der Waals surface area (Å²) in [5.41, 5.74) is 1.80. The highest BCUT2D eigenvalue weighted by Crippen LogP contribution is 2.21. The Hall–Kier alpha value is 0.827. The third-order valence-corrected chi connectivity index (χ3v) is 7.03. The third-order valence-electron chi connectivity index (χ3n) is 5.28. The molecule has 0 aromatic heterocycles. The van der Waals surface area contributed by atoms with Crippen LogP contribution in [0.25, 0.3) is 0 Å². The molecule has 0 unspecified atom stereocenters. The van der Waals surface area contributed by atoms with Gasteiger partial charge in [0.1, 0.15) is 0 Å². The second-order valence-corrected chi connectivity index (χ2v) is 16.6. The van der Waals surface area contributed by atoms with E-state index in [-0.39, 0.29) is 0 Å². The summed E-state index contributed by atoms with van der Waals surface area (Å²) in [5.74, 6) is 0. The minimum absolute atomic E-state index is 1.06. The Kier molecular flexibility index (Phi) is 22.2. The number of halogens is 3. The van der Waals surface area contributed by atoms with E-state index in [2.05, 4.69) is 6.92 Å². The van der Waals surface area contributed by atoms with E-state index in [4.69, 9.17) is 33.2 Å². The fourth-order valence-corrected chi connectivity index (χ4v) is 4.79. The first-order chi connectivity index (χ1) is 13.1. The molecule has 0 aliphatic heterocycles. The van der Waals surface area contributed by atoms with Crippen molar-refractivity contribution in [2.24, 2.45) is 0 Å². The molecular formula is C23H45Cl3Si. The molecule has 27 heavy (non-hydrogen) atoms. The molecule has 162 valence electrons. The van der Waals surface area contributed by atoms with Gasteiger partial charge in [0.15, 0.2) is 0 Å². The molecule has 0 aliphatic carbocycles. The van der Waals surface area contributed by atoms with Crippen molar-refractivity contribution in [3.8, 4) is 0 Å². The molecule has 0 atom stereocenters. The maximum absolute atomic E-state index is 5.81. The summed E-state index contributed by atoms with van der Waals surface area (Å²) >= 11 is 17.4. The van der Waals surface area contributed by atoms with Gasteiger partial charge in [-0.05, 0) is 12.8 Å². The summed E-state index contributed by atoms with van der Waals surface area (Å²) < 4.78 is 0. The lowest BCUT2D eigenvalue weighted by molar-refractivity contribution is 0.523. The Morgan fingerprint density at radius 2 is 0.778 bits per heavy atom. The van der Waals surface area contributed by atoms with E-state index < -0.39 is 6.00 Å². The predicted octanol–water partition coefficient (Wildman–Crippen LogP) is 10.6. The van der Waals surface area contributed by atoms with Gasteiger partial charge in [-0.2, -0.15) is 0 Å². The van der Waals surface area contributed by atoms with Crippen LogP contribution in [-0.2, 0) is 0 Å². The van der Waals surface area contributed by atoms with Crippen LogP contribution >= 0.6 is 33.2 Å². The van der Waals surface area contributed by atoms with E-state index in [1.54, 1.807) is 5.70 Å². The summed E-state index contributed by atoms with van der Waals surface area (Å²) in [7, 11) is 0. The fourth-order valence-electron chi connectivity index (χ4n) is 3.56. The van der Waals surface area contributed by atoms with Crippen LogP contribution in [0.1, 0.15) is 135 Å². The molecule has 0 saturated carbocycles. The standard InChI is InChI=1S/C23H45Cl3Si/c1-2-3-4-5-6-7-8-9-10-11-12-13-14-15-16-17-18-19-20-21-22-23-27(24,25)26/h22-23H,2-21H2,1H3. The lowest BCUT2D eigenvalue weighted by Crippen LogP contribution is -2.02. The average Bonchev–Trinajstić information content (AvgIpc) is 2.62. The second-order valence-electron chi connectivity index (χ2n) is 8.10. The van der Waals surface area contributed by atoms with E-state index in [0.29, 0.717) is 0 Å².